The van der Waals surface area contributed by atoms with E-state index >= 15 is 0 Å². The number of hydrogen-bond donors (Lipinski definition) is 1. The minimum Gasteiger partial charge on any atom is -0.390 e. The van der Waals surface area contributed by atoms with Gasteiger partial charge >= 0.3 is 0 Å². The highest BCUT2D eigenvalue weighted by Gasteiger charge is 2.36. The number of ketones is 1. The van der Waals surface area contributed by atoms with Gasteiger partial charge in [0.05, 0.1) is 5.60 Å². The molecule has 0 amide bonds. The lowest BCUT2D eigenvalue weighted by Gasteiger charge is -2.36. The molecule has 0 aromatic rings. The molecule has 0 aromatic carbocycles. The molecule has 0 saturated heterocycles. The van der Waals surface area contributed by atoms with Crippen molar-refractivity contribution in [1.82, 2.24) is 0 Å². The number of aliphatic hydroxyl groups is 1. The van der Waals surface area contributed by atoms with Gasteiger partial charge in [-0.2, -0.15) is 0 Å². The maximum Gasteiger partial charge on any atom is 0.136 e. The molecule has 0 heterocycles. The number of carbonyl (C=O) groups is 1. The van der Waals surface area contributed by atoms with Crippen molar-refractivity contribution in [2.45, 2.75) is 85.2 Å². The highest BCUT2D eigenvalue weighted by molar-refractivity contribution is 5.81. The Hall–Kier alpha value is -0.890. The first-order valence-electron chi connectivity index (χ1n) is 8.76. The van der Waals surface area contributed by atoms with Crippen LogP contribution >= 0.6 is 0 Å². The van der Waals surface area contributed by atoms with E-state index in [0.717, 1.165) is 38.5 Å². The average molecular weight is 306 g/mol. The topological polar surface area (TPSA) is 37.3 Å². The van der Waals surface area contributed by atoms with Crippen molar-refractivity contribution in [3.05, 3.63) is 23.3 Å². The van der Waals surface area contributed by atoms with Crippen LogP contribution in [-0.4, -0.2) is 16.5 Å². The number of Topliss-reactive ketones (excluding diaryl/α,β-unsaturated/α-hetero) is 1. The van der Waals surface area contributed by atoms with Gasteiger partial charge in [-0.25, -0.2) is 0 Å². The zero-order valence-electron chi connectivity index (χ0n) is 15.1. The van der Waals surface area contributed by atoms with Gasteiger partial charge in [0.15, 0.2) is 0 Å². The fourth-order valence-corrected chi connectivity index (χ4v) is 3.19. The minimum atomic E-state index is -0.716. The quantitative estimate of drug-likeness (QED) is 0.655. The van der Waals surface area contributed by atoms with Gasteiger partial charge in [0.25, 0.3) is 0 Å². The molecular weight excluding hydrogens is 272 g/mol. The van der Waals surface area contributed by atoms with Gasteiger partial charge in [-0.05, 0) is 72.1 Å². The van der Waals surface area contributed by atoms with Gasteiger partial charge in [-0.3, -0.25) is 4.79 Å². The molecule has 126 valence electrons. The van der Waals surface area contributed by atoms with Crippen molar-refractivity contribution < 1.29 is 9.90 Å². The molecule has 0 aliphatic heterocycles. The summed E-state index contributed by atoms with van der Waals surface area (Å²) in [6, 6.07) is 0. The van der Waals surface area contributed by atoms with Crippen LogP contribution in [0, 0.1) is 11.8 Å². The standard InChI is InChI=1S/C20H34O2/c1-15(2)8-6-9-16(3)10-7-13-20(5,22)18-12-11-17(4)19(21)14-18/h8,10,17-18,22H,6-7,9,11-14H2,1-5H3. The Morgan fingerprint density at radius 1 is 1.23 bits per heavy atom. The zero-order chi connectivity index (χ0) is 16.8. The molecule has 1 aliphatic carbocycles. The summed E-state index contributed by atoms with van der Waals surface area (Å²) in [6.07, 6.45) is 10.8. The van der Waals surface area contributed by atoms with Crippen LogP contribution in [-0.2, 0) is 4.79 Å². The molecule has 0 radical (unpaired) electrons. The van der Waals surface area contributed by atoms with Gasteiger partial charge in [0.2, 0.25) is 0 Å². The molecule has 0 bridgehead atoms. The highest BCUT2D eigenvalue weighted by Crippen LogP contribution is 2.36. The summed E-state index contributed by atoms with van der Waals surface area (Å²) in [7, 11) is 0. The Labute approximate surface area is 136 Å². The SMILES string of the molecule is CC(C)=CCCC(C)=CCCC(C)(O)C1CCC(C)C(=O)C1. The molecule has 2 heteroatoms. The summed E-state index contributed by atoms with van der Waals surface area (Å²) in [5, 5.41) is 10.7. The van der Waals surface area contributed by atoms with E-state index in [-0.39, 0.29) is 11.8 Å². The van der Waals surface area contributed by atoms with E-state index in [1.807, 2.05) is 13.8 Å². The Bertz CT molecular complexity index is 425. The first-order chi connectivity index (χ1) is 10.2. The van der Waals surface area contributed by atoms with Crippen molar-refractivity contribution in [3.63, 3.8) is 0 Å². The summed E-state index contributed by atoms with van der Waals surface area (Å²) in [6.45, 7) is 10.3. The van der Waals surface area contributed by atoms with Crippen LogP contribution in [0.25, 0.3) is 0 Å². The van der Waals surface area contributed by atoms with Gasteiger partial charge in [-0.1, -0.05) is 30.2 Å². The lowest BCUT2D eigenvalue weighted by Crippen LogP contribution is -2.39. The Balaban J connectivity index is 2.41. The summed E-state index contributed by atoms with van der Waals surface area (Å²) < 4.78 is 0. The van der Waals surface area contributed by atoms with E-state index in [4.69, 9.17) is 0 Å². The molecule has 2 nitrogen and oxygen atoms in total. The maximum absolute atomic E-state index is 11.9. The van der Waals surface area contributed by atoms with E-state index < -0.39 is 5.60 Å². The van der Waals surface area contributed by atoms with Crippen LogP contribution < -0.4 is 0 Å². The Kier molecular flexibility index (Phi) is 7.55. The molecule has 3 unspecified atom stereocenters. The van der Waals surface area contributed by atoms with Crippen LogP contribution in [0.3, 0.4) is 0 Å². The predicted molar refractivity (Wildman–Crippen MR) is 93.8 cm³/mol. The van der Waals surface area contributed by atoms with E-state index in [1.54, 1.807) is 0 Å². The van der Waals surface area contributed by atoms with Gasteiger partial charge in [0, 0.05) is 12.3 Å². The van der Waals surface area contributed by atoms with E-state index in [2.05, 4.69) is 32.9 Å². The molecule has 1 saturated carbocycles. The largest absolute Gasteiger partial charge is 0.390 e. The van der Waals surface area contributed by atoms with Crippen molar-refractivity contribution >= 4 is 5.78 Å². The maximum atomic E-state index is 11.9. The Morgan fingerprint density at radius 2 is 1.91 bits per heavy atom. The van der Waals surface area contributed by atoms with Crippen LogP contribution in [0.2, 0.25) is 0 Å². The van der Waals surface area contributed by atoms with Crippen LogP contribution in [0.15, 0.2) is 23.3 Å². The second-order valence-electron chi connectivity index (χ2n) is 7.61. The molecule has 1 fully saturated rings. The first-order valence-corrected chi connectivity index (χ1v) is 8.76. The molecule has 22 heavy (non-hydrogen) atoms. The molecular formula is C20H34O2. The lowest BCUT2D eigenvalue weighted by molar-refractivity contribution is -0.130. The first kappa shape index (κ1) is 19.2. The van der Waals surface area contributed by atoms with E-state index in [9.17, 15) is 9.90 Å². The normalized spacial score (nSPS) is 25.7. The lowest BCUT2D eigenvalue weighted by atomic mass is 9.72. The van der Waals surface area contributed by atoms with Crippen molar-refractivity contribution in [3.8, 4) is 0 Å². The van der Waals surface area contributed by atoms with E-state index in [1.165, 1.54) is 11.1 Å². The number of hydrogen-bond acceptors (Lipinski definition) is 2. The van der Waals surface area contributed by atoms with Crippen LogP contribution in [0.5, 0.6) is 0 Å². The second-order valence-corrected chi connectivity index (χ2v) is 7.61. The van der Waals surface area contributed by atoms with Gasteiger partial charge < -0.3 is 5.11 Å². The second kappa shape index (κ2) is 8.67. The number of allylic oxidation sites excluding steroid dienone is 4. The fourth-order valence-electron chi connectivity index (χ4n) is 3.19. The Morgan fingerprint density at radius 3 is 2.50 bits per heavy atom. The van der Waals surface area contributed by atoms with Gasteiger partial charge in [-0.15, -0.1) is 0 Å². The van der Waals surface area contributed by atoms with Crippen molar-refractivity contribution in [1.29, 1.82) is 0 Å². The fraction of sp³-hybridized carbons (Fsp3) is 0.750. The summed E-state index contributed by atoms with van der Waals surface area (Å²) in [4.78, 5) is 11.9. The molecule has 0 spiro atoms. The van der Waals surface area contributed by atoms with E-state index in [0.29, 0.717) is 12.2 Å². The highest BCUT2D eigenvalue weighted by atomic mass is 16.3. The predicted octanol–water partition coefficient (Wildman–Crippen LogP) is 5.22. The summed E-state index contributed by atoms with van der Waals surface area (Å²) in [5.41, 5.74) is 2.04. The molecule has 3 atom stereocenters. The van der Waals surface area contributed by atoms with Crippen molar-refractivity contribution in [2.24, 2.45) is 11.8 Å². The minimum absolute atomic E-state index is 0.135. The molecule has 1 rings (SSSR count). The van der Waals surface area contributed by atoms with Crippen LogP contribution in [0.1, 0.15) is 79.6 Å². The van der Waals surface area contributed by atoms with Crippen molar-refractivity contribution in [2.75, 3.05) is 0 Å². The third-order valence-electron chi connectivity index (χ3n) is 5.06. The molecule has 0 aromatic heterocycles. The smallest absolute Gasteiger partial charge is 0.136 e. The molecule has 1 aliphatic rings. The third kappa shape index (κ3) is 6.48. The van der Waals surface area contributed by atoms with Crippen LogP contribution in [0.4, 0.5) is 0 Å². The number of rotatable bonds is 7. The summed E-state index contributed by atoms with van der Waals surface area (Å²) >= 11 is 0. The zero-order valence-corrected chi connectivity index (χ0v) is 15.1. The monoisotopic (exact) mass is 306 g/mol. The van der Waals surface area contributed by atoms with Gasteiger partial charge in [0.1, 0.15) is 5.78 Å². The molecule has 1 N–H and O–H groups in total. The summed E-state index contributed by atoms with van der Waals surface area (Å²) in [5.74, 6) is 0.643. The third-order valence-corrected chi connectivity index (χ3v) is 5.06. The number of carbonyl (C=O) groups excluding carboxylic acids is 1. The average Bonchev–Trinajstić information content (AvgIpc) is 2.41.